The smallest absolute Gasteiger partial charge is 0.230 e. The number of amides is 2. The van der Waals surface area contributed by atoms with Crippen LogP contribution in [0, 0.1) is 5.92 Å². The maximum Gasteiger partial charge on any atom is 0.230 e. The average molecular weight is 298 g/mol. The van der Waals surface area contributed by atoms with Crippen molar-refractivity contribution in [3.63, 3.8) is 0 Å². The maximum absolute atomic E-state index is 12.2. The van der Waals surface area contributed by atoms with Gasteiger partial charge in [-0.15, -0.1) is 0 Å². The van der Waals surface area contributed by atoms with Gasteiger partial charge in [0.2, 0.25) is 11.8 Å². The van der Waals surface area contributed by atoms with Gasteiger partial charge in [0.25, 0.3) is 0 Å². The van der Waals surface area contributed by atoms with Crippen LogP contribution in [0.15, 0.2) is 42.6 Å². The molecule has 1 N–H and O–H groups in total. The van der Waals surface area contributed by atoms with E-state index in [4.69, 9.17) is 0 Å². The molecule has 1 atom stereocenters. The van der Waals surface area contributed by atoms with Crippen molar-refractivity contribution in [2.75, 3.05) is 11.9 Å². The Morgan fingerprint density at radius 3 is 2.77 bits per heavy atom. The highest BCUT2D eigenvalue weighted by Gasteiger charge is 2.34. The van der Waals surface area contributed by atoms with Gasteiger partial charge in [0.05, 0.1) is 5.92 Å². The lowest BCUT2D eigenvalue weighted by Crippen LogP contribution is -2.28. The van der Waals surface area contributed by atoms with Crippen LogP contribution < -0.4 is 5.32 Å². The summed E-state index contributed by atoms with van der Waals surface area (Å²) in [5, 5.41) is 6.87. The fourth-order valence-electron chi connectivity index (χ4n) is 2.61. The normalized spacial score (nSPS) is 17.8. The van der Waals surface area contributed by atoms with Crippen LogP contribution in [0.5, 0.6) is 0 Å². The Bertz CT molecular complexity index is 680. The minimum atomic E-state index is -0.321. The van der Waals surface area contributed by atoms with Crippen LogP contribution in [0.2, 0.25) is 0 Å². The summed E-state index contributed by atoms with van der Waals surface area (Å²) in [7, 11) is 1.79. The summed E-state index contributed by atoms with van der Waals surface area (Å²) in [5.41, 5.74) is 1.07. The van der Waals surface area contributed by atoms with Crippen LogP contribution >= 0.6 is 0 Å². The summed E-state index contributed by atoms with van der Waals surface area (Å²) in [6.45, 7) is 0.999. The Labute approximate surface area is 128 Å². The number of rotatable bonds is 4. The van der Waals surface area contributed by atoms with Crippen LogP contribution in [0.4, 0.5) is 5.82 Å². The lowest BCUT2D eigenvalue weighted by molar-refractivity contribution is -0.128. The van der Waals surface area contributed by atoms with E-state index in [1.54, 1.807) is 28.9 Å². The first-order valence-corrected chi connectivity index (χ1v) is 7.24. The van der Waals surface area contributed by atoms with Gasteiger partial charge in [0, 0.05) is 38.8 Å². The molecule has 1 aromatic carbocycles. The van der Waals surface area contributed by atoms with Crippen LogP contribution in [-0.2, 0) is 23.2 Å². The number of likely N-dealkylation sites (tertiary alicyclic amines) is 1. The minimum absolute atomic E-state index is 0.0185. The first-order valence-electron chi connectivity index (χ1n) is 7.24. The van der Waals surface area contributed by atoms with Crippen LogP contribution in [-0.4, -0.2) is 33.0 Å². The molecular weight excluding hydrogens is 280 g/mol. The molecule has 0 aliphatic carbocycles. The van der Waals surface area contributed by atoms with Crippen molar-refractivity contribution in [1.29, 1.82) is 0 Å². The third kappa shape index (κ3) is 3.16. The van der Waals surface area contributed by atoms with Gasteiger partial charge >= 0.3 is 0 Å². The van der Waals surface area contributed by atoms with E-state index in [-0.39, 0.29) is 24.2 Å². The third-order valence-electron chi connectivity index (χ3n) is 3.77. The van der Waals surface area contributed by atoms with Gasteiger partial charge in [-0.3, -0.25) is 14.3 Å². The molecule has 2 aromatic rings. The summed E-state index contributed by atoms with van der Waals surface area (Å²) >= 11 is 0. The van der Waals surface area contributed by atoms with Crippen LogP contribution in [0.3, 0.4) is 0 Å². The van der Waals surface area contributed by atoms with E-state index in [0.717, 1.165) is 5.56 Å². The number of aromatic nitrogens is 2. The topological polar surface area (TPSA) is 67.2 Å². The molecule has 0 radical (unpaired) electrons. The zero-order chi connectivity index (χ0) is 15.5. The van der Waals surface area contributed by atoms with Crippen molar-refractivity contribution in [1.82, 2.24) is 14.7 Å². The summed E-state index contributed by atoms with van der Waals surface area (Å²) in [6, 6.07) is 11.5. The summed E-state index contributed by atoms with van der Waals surface area (Å²) in [4.78, 5) is 26.0. The van der Waals surface area contributed by atoms with Gasteiger partial charge in [-0.1, -0.05) is 30.3 Å². The monoisotopic (exact) mass is 298 g/mol. The second-order valence-electron chi connectivity index (χ2n) is 5.52. The summed E-state index contributed by atoms with van der Waals surface area (Å²) < 4.78 is 1.62. The number of nitrogens with zero attached hydrogens (tertiary/aromatic N) is 3. The second-order valence-corrected chi connectivity index (χ2v) is 5.52. The van der Waals surface area contributed by atoms with Crippen molar-refractivity contribution < 1.29 is 9.59 Å². The van der Waals surface area contributed by atoms with Gasteiger partial charge in [0.1, 0.15) is 0 Å². The average Bonchev–Trinajstić information content (AvgIpc) is 3.07. The molecule has 1 aromatic heterocycles. The minimum Gasteiger partial charge on any atom is -0.338 e. The van der Waals surface area contributed by atoms with Gasteiger partial charge in [-0.25, -0.2) is 0 Å². The molecule has 1 saturated heterocycles. The number of hydrogen-bond donors (Lipinski definition) is 1. The number of benzene rings is 1. The molecule has 2 amide bonds. The van der Waals surface area contributed by atoms with Gasteiger partial charge in [-0.2, -0.15) is 5.10 Å². The molecule has 0 spiro atoms. The van der Waals surface area contributed by atoms with E-state index in [1.807, 2.05) is 30.3 Å². The summed E-state index contributed by atoms with van der Waals surface area (Å²) in [5.74, 6) is 0.0623. The number of carbonyl (C=O) groups is 2. The Balaban J connectivity index is 1.60. The predicted molar refractivity (Wildman–Crippen MR) is 81.8 cm³/mol. The van der Waals surface area contributed by atoms with E-state index in [1.165, 1.54) is 0 Å². The van der Waals surface area contributed by atoms with Gasteiger partial charge in [-0.05, 0) is 5.56 Å². The van der Waals surface area contributed by atoms with E-state index in [2.05, 4.69) is 10.4 Å². The standard InChI is InChI=1S/C16H18N4O2/c1-19-8-7-14(18-19)17-16(22)13-9-15(21)20(11-13)10-12-5-3-2-4-6-12/h2-8,13H,9-11H2,1H3,(H,17,18,22)/t13-/m0/s1. The van der Waals surface area contributed by atoms with Crippen LogP contribution in [0.1, 0.15) is 12.0 Å². The largest absolute Gasteiger partial charge is 0.338 e. The van der Waals surface area contributed by atoms with E-state index >= 15 is 0 Å². The lowest BCUT2D eigenvalue weighted by Gasteiger charge is -2.16. The Morgan fingerprint density at radius 1 is 1.32 bits per heavy atom. The Kier molecular flexibility index (Phi) is 3.91. The van der Waals surface area contributed by atoms with Crippen LogP contribution in [0.25, 0.3) is 0 Å². The first kappa shape index (κ1) is 14.3. The van der Waals surface area contributed by atoms with Crippen molar-refractivity contribution in [2.45, 2.75) is 13.0 Å². The van der Waals surface area contributed by atoms with Crippen molar-refractivity contribution in [2.24, 2.45) is 13.0 Å². The number of hydrogen-bond acceptors (Lipinski definition) is 3. The zero-order valence-corrected chi connectivity index (χ0v) is 12.4. The van der Waals surface area contributed by atoms with Crippen molar-refractivity contribution in [3.05, 3.63) is 48.2 Å². The molecule has 0 saturated carbocycles. The molecule has 6 nitrogen and oxygen atoms in total. The lowest BCUT2D eigenvalue weighted by atomic mass is 10.1. The molecule has 1 aliphatic rings. The molecule has 1 fully saturated rings. The molecule has 6 heteroatoms. The number of aryl methyl sites for hydroxylation is 1. The van der Waals surface area contributed by atoms with Gasteiger partial charge < -0.3 is 10.2 Å². The zero-order valence-electron chi connectivity index (χ0n) is 12.4. The molecule has 2 heterocycles. The molecule has 0 unspecified atom stereocenters. The van der Waals surface area contributed by atoms with E-state index in [9.17, 15) is 9.59 Å². The van der Waals surface area contributed by atoms with Gasteiger partial charge in [0.15, 0.2) is 5.82 Å². The highest BCUT2D eigenvalue weighted by molar-refractivity contribution is 5.96. The quantitative estimate of drug-likeness (QED) is 0.928. The summed E-state index contributed by atoms with van der Waals surface area (Å²) in [6.07, 6.45) is 2.02. The second kappa shape index (κ2) is 6.01. The molecule has 0 bridgehead atoms. The third-order valence-corrected chi connectivity index (χ3v) is 3.77. The van der Waals surface area contributed by atoms with E-state index in [0.29, 0.717) is 18.9 Å². The molecular formula is C16H18N4O2. The predicted octanol–water partition coefficient (Wildman–Crippen LogP) is 1.41. The molecule has 22 heavy (non-hydrogen) atoms. The Morgan fingerprint density at radius 2 is 2.09 bits per heavy atom. The highest BCUT2D eigenvalue weighted by atomic mass is 16.2. The number of anilines is 1. The van der Waals surface area contributed by atoms with E-state index < -0.39 is 0 Å². The highest BCUT2D eigenvalue weighted by Crippen LogP contribution is 2.21. The fraction of sp³-hybridized carbons (Fsp3) is 0.312. The number of carbonyl (C=O) groups excluding carboxylic acids is 2. The number of nitrogens with one attached hydrogen (secondary N) is 1. The SMILES string of the molecule is Cn1ccc(NC(=O)[C@H]2CC(=O)N(Cc3ccccc3)C2)n1. The van der Waals surface area contributed by atoms with Crippen molar-refractivity contribution in [3.8, 4) is 0 Å². The first-order chi connectivity index (χ1) is 10.6. The molecule has 3 rings (SSSR count). The van der Waals surface area contributed by atoms with Crippen molar-refractivity contribution >= 4 is 17.6 Å². The Hall–Kier alpha value is -2.63. The fourth-order valence-corrected chi connectivity index (χ4v) is 2.61. The maximum atomic E-state index is 12.2. The molecule has 1 aliphatic heterocycles. The molecule has 114 valence electrons.